The number of methoxy groups -OCH3 is 1. The molecule has 1 N–H and O–H groups in total. The second-order valence-corrected chi connectivity index (χ2v) is 3.97. The average Bonchev–Trinajstić information content (AvgIpc) is 2.94. The zero-order valence-corrected chi connectivity index (χ0v) is 11.4. The molecule has 2 rings (SSSR count). The molecule has 104 valence electrons. The maximum absolute atomic E-state index is 8.72. The number of nitriles is 2. The van der Waals surface area contributed by atoms with E-state index in [9.17, 15) is 0 Å². The lowest BCUT2D eigenvalue weighted by molar-refractivity contribution is 0.417. The summed E-state index contributed by atoms with van der Waals surface area (Å²) in [4.78, 5) is 0. The molecule has 0 radical (unpaired) electrons. The summed E-state index contributed by atoms with van der Waals surface area (Å²) in [5.74, 6) is 1.40. The van der Waals surface area contributed by atoms with E-state index in [2.05, 4.69) is 15.5 Å². The van der Waals surface area contributed by atoms with Crippen LogP contribution in [0.3, 0.4) is 0 Å². The van der Waals surface area contributed by atoms with Crippen molar-refractivity contribution in [2.24, 2.45) is 0 Å². The topological polar surface area (TPSA) is 108 Å². The van der Waals surface area contributed by atoms with Crippen molar-refractivity contribution in [1.29, 1.82) is 10.5 Å². The van der Waals surface area contributed by atoms with Gasteiger partial charge in [-0.25, -0.2) is 0 Å². The Morgan fingerprint density at radius 3 is 2.67 bits per heavy atom. The molecule has 0 bridgehead atoms. The number of aryl methyl sites for hydroxylation is 1. The monoisotopic (exact) mass is 281 g/mol. The molecule has 1 aromatic heterocycles. The van der Waals surface area contributed by atoms with E-state index in [1.54, 1.807) is 37.3 Å². The van der Waals surface area contributed by atoms with Gasteiger partial charge in [-0.3, -0.25) is 0 Å². The Bertz CT molecular complexity index is 748. The molecule has 0 atom stereocenters. The van der Waals surface area contributed by atoms with Crippen molar-refractivity contribution in [3.05, 3.63) is 35.9 Å². The van der Waals surface area contributed by atoms with Gasteiger partial charge in [0.05, 0.1) is 12.8 Å². The number of anilines is 1. The summed E-state index contributed by atoms with van der Waals surface area (Å²) in [5, 5.41) is 28.0. The molecular formula is C14H11N5O2. The van der Waals surface area contributed by atoms with Crippen LogP contribution < -0.4 is 10.1 Å². The first kappa shape index (κ1) is 14.1. The van der Waals surface area contributed by atoms with Crippen molar-refractivity contribution in [2.75, 3.05) is 12.4 Å². The van der Waals surface area contributed by atoms with E-state index >= 15 is 0 Å². The highest BCUT2D eigenvalue weighted by atomic mass is 16.5. The largest absolute Gasteiger partial charge is 0.495 e. The van der Waals surface area contributed by atoms with E-state index in [-0.39, 0.29) is 5.57 Å². The SMILES string of the molecule is COc1ccc(-c2nnc(C)o2)cc1NC=C(C#N)C#N. The van der Waals surface area contributed by atoms with Gasteiger partial charge in [-0.05, 0) is 18.2 Å². The van der Waals surface area contributed by atoms with Gasteiger partial charge in [0.25, 0.3) is 0 Å². The first-order chi connectivity index (χ1) is 10.2. The lowest BCUT2D eigenvalue weighted by Gasteiger charge is -2.09. The van der Waals surface area contributed by atoms with Gasteiger partial charge in [-0.15, -0.1) is 10.2 Å². The van der Waals surface area contributed by atoms with Gasteiger partial charge in [-0.2, -0.15) is 10.5 Å². The van der Waals surface area contributed by atoms with Crippen LogP contribution in [-0.4, -0.2) is 17.3 Å². The molecule has 1 heterocycles. The van der Waals surface area contributed by atoms with Crippen molar-refractivity contribution in [2.45, 2.75) is 6.92 Å². The zero-order chi connectivity index (χ0) is 15.2. The number of nitrogens with zero attached hydrogens (tertiary/aromatic N) is 4. The lowest BCUT2D eigenvalue weighted by atomic mass is 10.2. The van der Waals surface area contributed by atoms with Crippen molar-refractivity contribution in [3.63, 3.8) is 0 Å². The molecule has 7 heteroatoms. The van der Waals surface area contributed by atoms with Gasteiger partial charge < -0.3 is 14.5 Å². The van der Waals surface area contributed by atoms with Crippen LogP contribution in [0.2, 0.25) is 0 Å². The van der Waals surface area contributed by atoms with Gasteiger partial charge >= 0.3 is 0 Å². The van der Waals surface area contributed by atoms with Crippen molar-refractivity contribution in [1.82, 2.24) is 10.2 Å². The molecule has 0 aliphatic heterocycles. The quantitative estimate of drug-likeness (QED) is 0.857. The van der Waals surface area contributed by atoms with E-state index < -0.39 is 0 Å². The highest BCUT2D eigenvalue weighted by Crippen LogP contribution is 2.30. The Morgan fingerprint density at radius 2 is 2.10 bits per heavy atom. The molecular weight excluding hydrogens is 270 g/mol. The fraction of sp³-hybridized carbons (Fsp3) is 0.143. The number of hydrogen-bond acceptors (Lipinski definition) is 7. The van der Waals surface area contributed by atoms with Crippen molar-refractivity contribution >= 4 is 5.69 Å². The maximum atomic E-state index is 8.72. The van der Waals surface area contributed by atoms with E-state index in [1.165, 1.54) is 13.3 Å². The molecule has 2 aromatic rings. The normalized spacial score (nSPS) is 9.33. The zero-order valence-electron chi connectivity index (χ0n) is 11.4. The molecule has 0 amide bonds. The minimum absolute atomic E-state index is 0.0453. The Hall–Kier alpha value is -3.32. The predicted molar refractivity (Wildman–Crippen MR) is 74.0 cm³/mol. The standard InChI is InChI=1S/C14H11N5O2/c1-9-18-19-14(21-9)11-3-4-13(20-2)12(5-11)17-8-10(6-15)7-16/h3-5,8,17H,1-2H3. The summed E-state index contributed by atoms with van der Waals surface area (Å²) < 4.78 is 10.6. The molecule has 0 spiro atoms. The number of aromatic nitrogens is 2. The van der Waals surface area contributed by atoms with Crippen LogP contribution in [0.5, 0.6) is 5.75 Å². The van der Waals surface area contributed by atoms with Crippen LogP contribution in [0.25, 0.3) is 11.5 Å². The van der Waals surface area contributed by atoms with Crippen molar-refractivity contribution < 1.29 is 9.15 Å². The second-order valence-electron chi connectivity index (χ2n) is 3.97. The number of allylic oxidation sites excluding steroid dienone is 1. The highest BCUT2D eigenvalue weighted by molar-refractivity contribution is 5.68. The van der Waals surface area contributed by atoms with Gasteiger partial charge in [0, 0.05) is 18.7 Å². The van der Waals surface area contributed by atoms with E-state index in [0.717, 1.165) is 0 Å². The van der Waals surface area contributed by atoms with E-state index in [0.29, 0.717) is 28.8 Å². The molecule has 0 aliphatic rings. The minimum atomic E-state index is -0.0453. The van der Waals surface area contributed by atoms with Crippen molar-refractivity contribution in [3.8, 4) is 29.3 Å². The summed E-state index contributed by atoms with van der Waals surface area (Å²) in [7, 11) is 1.52. The number of nitrogens with one attached hydrogen (secondary N) is 1. The van der Waals surface area contributed by atoms with Crippen LogP contribution in [0.4, 0.5) is 5.69 Å². The smallest absolute Gasteiger partial charge is 0.247 e. The maximum Gasteiger partial charge on any atom is 0.247 e. The summed E-state index contributed by atoms with van der Waals surface area (Å²) in [6, 6.07) is 8.76. The average molecular weight is 281 g/mol. The van der Waals surface area contributed by atoms with Gasteiger partial charge in [-0.1, -0.05) is 0 Å². The summed E-state index contributed by atoms with van der Waals surface area (Å²) in [6.45, 7) is 1.70. The third-order valence-electron chi connectivity index (χ3n) is 2.59. The molecule has 0 saturated heterocycles. The number of benzene rings is 1. The van der Waals surface area contributed by atoms with Crippen LogP contribution >= 0.6 is 0 Å². The summed E-state index contributed by atoms with van der Waals surface area (Å²) >= 11 is 0. The molecule has 0 saturated carbocycles. The molecule has 0 aliphatic carbocycles. The highest BCUT2D eigenvalue weighted by Gasteiger charge is 2.10. The minimum Gasteiger partial charge on any atom is -0.495 e. The van der Waals surface area contributed by atoms with Gasteiger partial charge in [0.15, 0.2) is 0 Å². The van der Waals surface area contributed by atoms with Crippen LogP contribution in [0, 0.1) is 29.6 Å². The number of hydrogen-bond donors (Lipinski definition) is 1. The Balaban J connectivity index is 2.37. The lowest BCUT2D eigenvalue weighted by Crippen LogP contribution is -1.95. The fourth-order valence-electron chi connectivity index (χ4n) is 1.61. The fourth-order valence-corrected chi connectivity index (χ4v) is 1.61. The van der Waals surface area contributed by atoms with Gasteiger partial charge in [0.1, 0.15) is 23.5 Å². The Labute approximate surface area is 121 Å². The van der Waals surface area contributed by atoms with Gasteiger partial charge in [0.2, 0.25) is 11.8 Å². The Kier molecular flexibility index (Phi) is 4.17. The number of rotatable bonds is 4. The van der Waals surface area contributed by atoms with E-state index in [4.69, 9.17) is 19.7 Å². The van der Waals surface area contributed by atoms with Crippen LogP contribution in [-0.2, 0) is 0 Å². The second kappa shape index (κ2) is 6.22. The molecule has 0 fully saturated rings. The number of ether oxygens (including phenoxy) is 1. The first-order valence-electron chi connectivity index (χ1n) is 5.93. The Morgan fingerprint density at radius 1 is 1.33 bits per heavy atom. The van der Waals surface area contributed by atoms with Crippen LogP contribution in [0.15, 0.2) is 34.4 Å². The predicted octanol–water partition coefficient (Wildman–Crippen LogP) is 2.40. The van der Waals surface area contributed by atoms with Crippen LogP contribution in [0.1, 0.15) is 5.89 Å². The third kappa shape index (κ3) is 3.17. The first-order valence-corrected chi connectivity index (χ1v) is 5.93. The molecule has 7 nitrogen and oxygen atoms in total. The molecule has 1 aromatic carbocycles. The molecule has 0 unspecified atom stereocenters. The molecule has 21 heavy (non-hydrogen) atoms. The third-order valence-corrected chi connectivity index (χ3v) is 2.59. The summed E-state index contributed by atoms with van der Waals surface area (Å²) in [6.07, 6.45) is 1.31. The summed E-state index contributed by atoms with van der Waals surface area (Å²) in [5.41, 5.74) is 1.23. The van der Waals surface area contributed by atoms with E-state index in [1.807, 2.05) is 0 Å².